The first kappa shape index (κ1) is 31.3. The van der Waals surface area contributed by atoms with Crippen LogP contribution in [0.25, 0.3) is 22.1 Å². The van der Waals surface area contributed by atoms with Gasteiger partial charge in [0.25, 0.3) is 0 Å². The zero-order valence-corrected chi connectivity index (χ0v) is 25.8. The zero-order chi connectivity index (χ0) is 28.7. The van der Waals surface area contributed by atoms with Gasteiger partial charge in [0, 0.05) is 6.07 Å². The van der Waals surface area contributed by atoms with Crippen molar-refractivity contribution in [3.63, 3.8) is 0 Å². The Hall–Kier alpha value is -3.20. The van der Waals surface area contributed by atoms with Crippen molar-refractivity contribution in [1.82, 2.24) is 9.97 Å². The number of hydrogen-bond donors (Lipinski definition) is 0. The zero-order valence-electron chi connectivity index (χ0n) is 25.8. The maximum absolute atomic E-state index is 6.07. The number of allylic oxidation sites excluding steroid dienone is 8. The highest BCUT2D eigenvalue weighted by Gasteiger charge is 2.05. The van der Waals surface area contributed by atoms with Crippen molar-refractivity contribution in [2.24, 2.45) is 5.92 Å². The lowest BCUT2D eigenvalue weighted by atomic mass is 10.00. The second kappa shape index (κ2) is 16.8. The fourth-order valence-electron chi connectivity index (χ4n) is 4.81. The van der Waals surface area contributed by atoms with Crippen LogP contribution in [0.5, 0.6) is 5.75 Å². The van der Waals surface area contributed by atoms with Crippen molar-refractivity contribution in [3.8, 4) is 5.75 Å². The first-order valence-corrected chi connectivity index (χ1v) is 15.2. The highest BCUT2D eigenvalue weighted by atomic mass is 16.5. The maximum atomic E-state index is 6.07. The molecule has 0 aliphatic rings. The van der Waals surface area contributed by atoms with Crippen LogP contribution in [0.15, 0.2) is 89.1 Å². The van der Waals surface area contributed by atoms with Crippen molar-refractivity contribution in [2.75, 3.05) is 6.61 Å². The lowest BCUT2D eigenvalue weighted by Crippen LogP contribution is -2.04. The van der Waals surface area contributed by atoms with E-state index in [0.717, 1.165) is 72.9 Å². The Balaban J connectivity index is 1.30. The molecule has 0 saturated heterocycles. The first-order valence-electron chi connectivity index (χ1n) is 15.2. The van der Waals surface area contributed by atoms with E-state index in [1.165, 1.54) is 41.6 Å². The Morgan fingerprint density at radius 1 is 0.650 bits per heavy atom. The van der Waals surface area contributed by atoms with Gasteiger partial charge in [0.1, 0.15) is 5.75 Å². The molecule has 0 bridgehead atoms. The highest BCUT2D eigenvalue weighted by molar-refractivity contribution is 5.86. The van der Waals surface area contributed by atoms with E-state index in [0.29, 0.717) is 5.92 Å². The minimum Gasteiger partial charge on any atom is -0.494 e. The number of rotatable bonds is 16. The molecule has 1 atom stereocenters. The van der Waals surface area contributed by atoms with Crippen molar-refractivity contribution < 1.29 is 4.74 Å². The summed E-state index contributed by atoms with van der Waals surface area (Å²) in [5, 5.41) is 0. The molecule has 1 heterocycles. The maximum Gasteiger partial charge on any atom is 0.121 e. The van der Waals surface area contributed by atoms with Crippen LogP contribution in [-0.2, 0) is 0 Å². The summed E-state index contributed by atoms with van der Waals surface area (Å²) in [5.74, 6) is 1.50. The van der Waals surface area contributed by atoms with Gasteiger partial charge in [-0.1, -0.05) is 65.7 Å². The molecule has 0 spiro atoms. The quantitative estimate of drug-likeness (QED) is 0.134. The molecule has 0 aliphatic heterocycles. The molecular formula is C37H50N2O. The molecule has 0 fully saturated rings. The normalized spacial score (nSPS) is 13.6. The molecule has 3 aromatic rings. The van der Waals surface area contributed by atoms with Crippen LogP contribution >= 0.6 is 0 Å². The second-order valence-corrected chi connectivity index (χ2v) is 11.7. The minimum absolute atomic E-state index is 0.633. The number of aromatic nitrogens is 2. The van der Waals surface area contributed by atoms with E-state index in [4.69, 9.17) is 14.7 Å². The molecule has 3 rings (SSSR count). The van der Waals surface area contributed by atoms with Gasteiger partial charge < -0.3 is 4.74 Å². The third-order valence-corrected chi connectivity index (χ3v) is 7.50. The van der Waals surface area contributed by atoms with Crippen LogP contribution in [0, 0.1) is 5.92 Å². The fourth-order valence-corrected chi connectivity index (χ4v) is 4.81. The van der Waals surface area contributed by atoms with Crippen molar-refractivity contribution in [3.05, 3.63) is 89.1 Å². The SMILES string of the molecule is CC(C)=CCC/C(C)=C/CC/C(C)=C/CC/C(C)=C/CC[C@@H](C)CCOc1ccc2nc3ccccc3nc2c1. The molecular weight excluding hydrogens is 488 g/mol. The number of fused-ring (bicyclic) bond motifs is 2. The van der Waals surface area contributed by atoms with Gasteiger partial charge in [0.2, 0.25) is 0 Å². The Labute approximate surface area is 243 Å². The molecule has 0 N–H and O–H groups in total. The molecule has 3 heteroatoms. The number of nitrogens with zero attached hydrogens (tertiary/aromatic N) is 2. The Kier molecular flexibility index (Phi) is 13.2. The predicted octanol–water partition coefficient (Wildman–Crippen LogP) is 11.1. The van der Waals surface area contributed by atoms with Crippen LogP contribution in [0.3, 0.4) is 0 Å². The van der Waals surface area contributed by atoms with Crippen LogP contribution in [0.1, 0.15) is 99.3 Å². The summed E-state index contributed by atoms with van der Waals surface area (Å²) >= 11 is 0. The van der Waals surface area contributed by atoms with Crippen LogP contribution in [-0.4, -0.2) is 16.6 Å². The van der Waals surface area contributed by atoms with E-state index in [1.807, 2.05) is 42.5 Å². The van der Waals surface area contributed by atoms with Crippen molar-refractivity contribution >= 4 is 22.1 Å². The van der Waals surface area contributed by atoms with E-state index in [9.17, 15) is 0 Å². The molecule has 40 heavy (non-hydrogen) atoms. The monoisotopic (exact) mass is 538 g/mol. The molecule has 0 saturated carbocycles. The van der Waals surface area contributed by atoms with Crippen LogP contribution in [0.2, 0.25) is 0 Å². The van der Waals surface area contributed by atoms with Gasteiger partial charge in [0.05, 0.1) is 28.7 Å². The molecule has 214 valence electrons. The molecule has 3 nitrogen and oxygen atoms in total. The summed E-state index contributed by atoms with van der Waals surface area (Å²) in [5.41, 5.74) is 9.58. The van der Waals surface area contributed by atoms with E-state index >= 15 is 0 Å². The fraction of sp³-hybridized carbons (Fsp3) is 0.459. The van der Waals surface area contributed by atoms with Gasteiger partial charge in [0.15, 0.2) is 0 Å². The van der Waals surface area contributed by atoms with Gasteiger partial charge in [-0.25, -0.2) is 9.97 Å². The Bertz CT molecular complexity index is 1340. The Morgan fingerprint density at radius 3 is 1.77 bits per heavy atom. The summed E-state index contributed by atoms with van der Waals surface area (Å²) in [6.45, 7) is 14.2. The summed E-state index contributed by atoms with van der Waals surface area (Å²) in [6.07, 6.45) is 20.0. The third-order valence-electron chi connectivity index (χ3n) is 7.50. The third kappa shape index (κ3) is 11.5. The second-order valence-electron chi connectivity index (χ2n) is 11.7. The largest absolute Gasteiger partial charge is 0.494 e. The summed E-state index contributed by atoms with van der Waals surface area (Å²) in [6, 6.07) is 14.0. The van der Waals surface area contributed by atoms with E-state index in [2.05, 4.69) is 65.8 Å². The van der Waals surface area contributed by atoms with Gasteiger partial charge in [-0.2, -0.15) is 0 Å². The summed E-state index contributed by atoms with van der Waals surface area (Å²) in [4.78, 5) is 9.45. The van der Waals surface area contributed by atoms with Crippen LogP contribution in [0.4, 0.5) is 0 Å². The van der Waals surface area contributed by atoms with E-state index in [1.54, 1.807) is 0 Å². The number of hydrogen-bond acceptors (Lipinski definition) is 3. The summed E-state index contributed by atoms with van der Waals surface area (Å²) in [7, 11) is 0. The topological polar surface area (TPSA) is 35.0 Å². The lowest BCUT2D eigenvalue weighted by molar-refractivity contribution is 0.280. The van der Waals surface area contributed by atoms with Crippen molar-refractivity contribution in [1.29, 1.82) is 0 Å². The number of benzene rings is 2. The molecule has 0 aliphatic carbocycles. The number of para-hydroxylation sites is 2. The molecule has 0 amide bonds. The standard InChI is InChI=1S/C37H50N2O/c1-28(2)13-9-14-29(3)15-10-16-30(4)17-11-18-31(5)19-12-20-32(6)25-26-40-33-23-24-36-37(27-33)39-35-22-8-7-21-34(35)38-36/h7-8,13,15,17,19,21-24,27,32H,9-12,14,16,18,20,25-26H2,1-6H3/b29-15+,30-17+,31-19+/t32-/m1/s1. The number of ether oxygens (including phenoxy) is 1. The van der Waals surface area contributed by atoms with E-state index in [-0.39, 0.29) is 0 Å². The average Bonchev–Trinajstić information content (AvgIpc) is 2.91. The first-order chi connectivity index (χ1) is 19.3. The minimum atomic E-state index is 0.633. The molecule has 0 radical (unpaired) electrons. The van der Waals surface area contributed by atoms with Crippen LogP contribution < -0.4 is 4.74 Å². The molecule has 0 unspecified atom stereocenters. The Morgan fingerprint density at radius 2 is 1.18 bits per heavy atom. The van der Waals surface area contributed by atoms with Crippen molar-refractivity contribution in [2.45, 2.75) is 99.3 Å². The van der Waals surface area contributed by atoms with Gasteiger partial charge in [-0.15, -0.1) is 0 Å². The van der Waals surface area contributed by atoms with Gasteiger partial charge >= 0.3 is 0 Å². The predicted molar refractivity (Wildman–Crippen MR) is 174 cm³/mol. The smallest absolute Gasteiger partial charge is 0.121 e. The average molecular weight is 539 g/mol. The van der Waals surface area contributed by atoms with Gasteiger partial charge in [-0.05, 0) is 123 Å². The highest BCUT2D eigenvalue weighted by Crippen LogP contribution is 2.22. The van der Waals surface area contributed by atoms with Gasteiger partial charge in [-0.3, -0.25) is 0 Å². The van der Waals surface area contributed by atoms with E-state index < -0.39 is 0 Å². The molecule has 1 aromatic heterocycles. The molecule has 2 aromatic carbocycles. The lowest BCUT2D eigenvalue weighted by Gasteiger charge is -2.12. The summed E-state index contributed by atoms with van der Waals surface area (Å²) < 4.78 is 6.07.